The zero-order valence-corrected chi connectivity index (χ0v) is 16.3. The zero-order valence-electron chi connectivity index (χ0n) is 14.8. The number of nitrogens with two attached hydrogens (primary N) is 1. The normalized spacial score (nSPS) is 14.1. The van der Waals surface area contributed by atoms with Crippen molar-refractivity contribution in [1.29, 1.82) is 0 Å². The Hall–Kier alpha value is -1.37. The van der Waals surface area contributed by atoms with E-state index in [1.165, 1.54) is 18.2 Å². The standard InChI is InChI=1S/C18H25ClFN3O2.ClH/c19-14-6-5-7-15(20)17(14)18(25)23-12-10-22(11-13-23)16(24)8-3-1-2-4-9-21;/h5-7H,1-4,8-13,21H2;1H. The summed E-state index contributed by atoms with van der Waals surface area (Å²) in [6.07, 6.45) is 4.44. The molecule has 1 heterocycles. The van der Waals surface area contributed by atoms with Gasteiger partial charge in [0.1, 0.15) is 5.82 Å². The Morgan fingerprint density at radius 1 is 1.04 bits per heavy atom. The number of hydrogen-bond acceptors (Lipinski definition) is 3. The maximum atomic E-state index is 13.9. The lowest BCUT2D eigenvalue weighted by Gasteiger charge is -2.35. The van der Waals surface area contributed by atoms with E-state index in [0.29, 0.717) is 39.1 Å². The number of carbonyl (C=O) groups excluding carboxylic acids is 2. The van der Waals surface area contributed by atoms with Crippen molar-refractivity contribution in [3.63, 3.8) is 0 Å². The van der Waals surface area contributed by atoms with Gasteiger partial charge in [0.05, 0.1) is 10.6 Å². The van der Waals surface area contributed by atoms with Gasteiger partial charge in [0, 0.05) is 32.6 Å². The fourth-order valence-electron chi connectivity index (χ4n) is 2.95. The van der Waals surface area contributed by atoms with E-state index >= 15 is 0 Å². The topological polar surface area (TPSA) is 66.6 Å². The Labute approximate surface area is 165 Å². The molecule has 0 atom stereocenters. The van der Waals surface area contributed by atoms with Gasteiger partial charge in [0.15, 0.2) is 0 Å². The van der Waals surface area contributed by atoms with Crippen molar-refractivity contribution in [3.05, 3.63) is 34.6 Å². The van der Waals surface area contributed by atoms with E-state index in [1.54, 1.807) is 9.80 Å². The minimum Gasteiger partial charge on any atom is -0.339 e. The van der Waals surface area contributed by atoms with E-state index in [-0.39, 0.29) is 28.9 Å². The molecule has 8 heteroatoms. The molecule has 0 unspecified atom stereocenters. The molecule has 1 aromatic carbocycles. The number of nitrogens with zero attached hydrogens (tertiary/aromatic N) is 2. The number of halogens is 3. The maximum absolute atomic E-state index is 13.9. The summed E-state index contributed by atoms with van der Waals surface area (Å²) in [5, 5.41) is 0.112. The molecule has 2 amide bonds. The van der Waals surface area contributed by atoms with Crippen molar-refractivity contribution in [1.82, 2.24) is 9.80 Å². The lowest BCUT2D eigenvalue weighted by Crippen LogP contribution is -2.50. The number of unbranched alkanes of at least 4 members (excludes halogenated alkanes) is 3. The van der Waals surface area contributed by atoms with Crippen molar-refractivity contribution in [2.24, 2.45) is 5.73 Å². The second-order valence-electron chi connectivity index (χ2n) is 6.22. The second-order valence-corrected chi connectivity index (χ2v) is 6.63. The monoisotopic (exact) mass is 405 g/mol. The highest BCUT2D eigenvalue weighted by Crippen LogP contribution is 2.21. The van der Waals surface area contributed by atoms with Crippen molar-refractivity contribution in [2.75, 3.05) is 32.7 Å². The summed E-state index contributed by atoms with van der Waals surface area (Å²) in [5.41, 5.74) is 5.35. The highest BCUT2D eigenvalue weighted by atomic mass is 35.5. The SMILES string of the molecule is Cl.NCCCCCCC(=O)N1CCN(C(=O)c2c(F)cccc2Cl)CC1. The van der Waals surface area contributed by atoms with Crippen molar-refractivity contribution in [2.45, 2.75) is 32.1 Å². The van der Waals surface area contributed by atoms with E-state index in [4.69, 9.17) is 17.3 Å². The number of amides is 2. The smallest absolute Gasteiger partial charge is 0.258 e. The predicted molar refractivity (Wildman–Crippen MR) is 103 cm³/mol. The molecule has 0 saturated carbocycles. The Kier molecular flexibility index (Phi) is 9.91. The summed E-state index contributed by atoms with van der Waals surface area (Å²) in [4.78, 5) is 28.0. The fraction of sp³-hybridized carbons (Fsp3) is 0.556. The zero-order chi connectivity index (χ0) is 18.2. The van der Waals surface area contributed by atoms with Gasteiger partial charge in [-0.3, -0.25) is 9.59 Å². The van der Waals surface area contributed by atoms with Crippen LogP contribution in [0.15, 0.2) is 18.2 Å². The predicted octanol–water partition coefficient (Wildman–Crippen LogP) is 3.09. The van der Waals surface area contributed by atoms with Gasteiger partial charge in [-0.1, -0.05) is 30.5 Å². The first-order chi connectivity index (χ1) is 12.0. The number of piperazine rings is 1. The Bertz CT molecular complexity index is 588. The summed E-state index contributed by atoms with van der Waals surface area (Å²) in [6, 6.07) is 4.20. The molecule has 146 valence electrons. The molecule has 1 saturated heterocycles. The molecule has 2 N–H and O–H groups in total. The van der Waals surface area contributed by atoms with Crippen molar-refractivity contribution in [3.8, 4) is 0 Å². The Morgan fingerprint density at radius 2 is 1.65 bits per heavy atom. The number of carbonyl (C=O) groups is 2. The summed E-state index contributed by atoms with van der Waals surface area (Å²) >= 11 is 5.96. The van der Waals surface area contributed by atoms with Crippen LogP contribution in [0.5, 0.6) is 0 Å². The summed E-state index contributed by atoms with van der Waals surface area (Å²) in [5.74, 6) is -0.922. The number of benzene rings is 1. The van der Waals surface area contributed by atoms with Crippen LogP contribution in [0.25, 0.3) is 0 Å². The van der Waals surface area contributed by atoms with Gasteiger partial charge in [0.25, 0.3) is 5.91 Å². The first-order valence-corrected chi connectivity index (χ1v) is 9.13. The largest absolute Gasteiger partial charge is 0.339 e. The quantitative estimate of drug-likeness (QED) is 0.708. The molecule has 0 aromatic heterocycles. The molecule has 2 rings (SSSR count). The first-order valence-electron chi connectivity index (χ1n) is 8.75. The van der Waals surface area contributed by atoms with Gasteiger partial charge in [-0.05, 0) is 31.5 Å². The minimum absolute atomic E-state index is 0. The van der Waals surface area contributed by atoms with Crippen LogP contribution < -0.4 is 5.73 Å². The molecule has 1 aliphatic rings. The average molecular weight is 406 g/mol. The van der Waals surface area contributed by atoms with Crippen LogP contribution in [0.2, 0.25) is 5.02 Å². The van der Waals surface area contributed by atoms with E-state index in [0.717, 1.165) is 25.7 Å². The van der Waals surface area contributed by atoms with Crippen LogP contribution in [-0.4, -0.2) is 54.3 Å². The van der Waals surface area contributed by atoms with Crippen molar-refractivity contribution >= 4 is 35.8 Å². The molecule has 5 nitrogen and oxygen atoms in total. The van der Waals surface area contributed by atoms with Gasteiger partial charge in [-0.25, -0.2) is 4.39 Å². The third-order valence-electron chi connectivity index (χ3n) is 4.44. The fourth-order valence-corrected chi connectivity index (χ4v) is 3.20. The third kappa shape index (κ3) is 6.11. The molecule has 0 radical (unpaired) electrons. The minimum atomic E-state index is -0.617. The highest BCUT2D eigenvalue weighted by Gasteiger charge is 2.27. The Morgan fingerprint density at radius 3 is 2.27 bits per heavy atom. The summed E-state index contributed by atoms with van der Waals surface area (Å²) in [6.45, 7) is 2.42. The van der Waals surface area contributed by atoms with E-state index in [1.807, 2.05) is 0 Å². The second kappa shape index (κ2) is 11.4. The van der Waals surface area contributed by atoms with Gasteiger partial charge in [0.2, 0.25) is 5.91 Å². The lowest BCUT2D eigenvalue weighted by atomic mass is 10.1. The van der Waals surface area contributed by atoms with E-state index < -0.39 is 11.7 Å². The number of hydrogen-bond donors (Lipinski definition) is 1. The third-order valence-corrected chi connectivity index (χ3v) is 4.76. The molecule has 0 spiro atoms. The van der Waals surface area contributed by atoms with Gasteiger partial charge < -0.3 is 15.5 Å². The number of rotatable bonds is 7. The molecule has 0 bridgehead atoms. The van der Waals surface area contributed by atoms with Crippen LogP contribution >= 0.6 is 24.0 Å². The average Bonchev–Trinajstić information content (AvgIpc) is 2.61. The summed E-state index contributed by atoms with van der Waals surface area (Å²) < 4.78 is 13.9. The lowest BCUT2D eigenvalue weighted by molar-refractivity contribution is -0.132. The van der Waals surface area contributed by atoms with Crippen LogP contribution in [0.4, 0.5) is 4.39 Å². The van der Waals surface area contributed by atoms with Gasteiger partial charge in [-0.2, -0.15) is 0 Å². The maximum Gasteiger partial charge on any atom is 0.258 e. The highest BCUT2D eigenvalue weighted by molar-refractivity contribution is 6.33. The molecular formula is C18H26Cl2FN3O2. The molecule has 1 aliphatic heterocycles. The van der Waals surface area contributed by atoms with Gasteiger partial charge in [-0.15, -0.1) is 12.4 Å². The molecular weight excluding hydrogens is 380 g/mol. The van der Waals surface area contributed by atoms with Gasteiger partial charge >= 0.3 is 0 Å². The van der Waals surface area contributed by atoms with E-state index in [2.05, 4.69) is 0 Å². The molecule has 1 aromatic rings. The first kappa shape index (κ1) is 22.7. The Balaban J connectivity index is 0.00000338. The molecule has 1 fully saturated rings. The van der Waals surface area contributed by atoms with Crippen LogP contribution in [0.1, 0.15) is 42.5 Å². The van der Waals surface area contributed by atoms with Crippen LogP contribution in [0.3, 0.4) is 0 Å². The molecule has 0 aliphatic carbocycles. The van der Waals surface area contributed by atoms with Crippen LogP contribution in [0, 0.1) is 5.82 Å². The summed E-state index contributed by atoms with van der Waals surface area (Å²) in [7, 11) is 0. The van der Waals surface area contributed by atoms with Crippen LogP contribution in [-0.2, 0) is 4.79 Å². The van der Waals surface area contributed by atoms with Crippen molar-refractivity contribution < 1.29 is 14.0 Å². The molecule has 26 heavy (non-hydrogen) atoms. The van der Waals surface area contributed by atoms with E-state index in [9.17, 15) is 14.0 Å².